The highest BCUT2D eigenvalue weighted by Crippen LogP contribution is 2.38. The van der Waals surface area contributed by atoms with Crippen molar-refractivity contribution in [1.82, 2.24) is 14.5 Å². The topological polar surface area (TPSA) is 107 Å². The maximum Gasteiger partial charge on any atom is 0.323 e. The standard InChI is InChI=1S/C36H39N5O4/c1-7-41-34-28(14-10-16-38-34)31(25-12-8-13-26(17-25)44-6)33(35(41)42)40-36(43)39-32-29(22(2)3)18-27(19-30(32)23(4)5)45-21-24-11-9-15-37-20-24/h8-20,22-23H,7,21H2,1-6H3,(H2,39,40,43). The summed E-state index contributed by atoms with van der Waals surface area (Å²) in [7, 11) is 1.59. The Morgan fingerprint density at radius 3 is 2.24 bits per heavy atom. The van der Waals surface area contributed by atoms with E-state index in [0.29, 0.717) is 41.5 Å². The average molecular weight is 606 g/mol. The zero-order chi connectivity index (χ0) is 32.1. The first kappa shape index (κ1) is 31.3. The maximum absolute atomic E-state index is 14.0. The number of rotatable bonds is 10. The van der Waals surface area contributed by atoms with Gasteiger partial charge in [0.05, 0.1) is 7.11 Å². The van der Waals surface area contributed by atoms with Gasteiger partial charge >= 0.3 is 6.03 Å². The van der Waals surface area contributed by atoms with Crippen LogP contribution in [0.3, 0.4) is 0 Å². The fraction of sp³-hybridized carbons (Fsp3) is 0.278. The molecule has 0 spiro atoms. The molecule has 0 atom stereocenters. The van der Waals surface area contributed by atoms with Crippen LogP contribution in [-0.4, -0.2) is 27.7 Å². The predicted octanol–water partition coefficient (Wildman–Crippen LogP) is 7.96. The number of aryl methyl sites for hydroxylation is 1. The van der Waals surface area contributed by atoms with Crippen molar-refractivity contribution in [2.45, 2.75) is 59.6 Å². The second-order valence-electron chi connectivity index (χ2n) is 11.4. The molecule has 2 amide bonds. The van der Waals surface area contributed by atoms with Crippen molar-refractivity contribution < 1.29 is 14.3 Å². The fourth-order valence-electron chi connectivity index (χ4n) is 5.47. The van der Waals surface area contributed by atoms with E-state index in [9.17, 15) is 9.59 Å². The highest BCUT2D eigenvalue weighted by Gasteiger charge is 2.23. The molecule has 0 aliphatic rings. The number of nitrogens with zero attached hydrogens (tertiary/aromatic N) is 3. The molecule has 0 saturated heterocycles. The van der Waals surface area contributed by atoms with Crippen molar-refractivity contribution in [3.8, 4) is 22.6 Å². The largest absolute Gasteiger partial charge is 0.497 e. The molecule has 2 N–H and O–H groups in total. The van der Waals surface area contributed by atoms with Gasteiger partial charge in [0.1, 0.15) is 29.4 Å². The van der Waals surface area contributed by atoms with Gasteiger partial charge < -0.3 is 20.1 Å². The second kappa shape index (κ2) is 13.6. The normalized spacial score (nSPS) is 11.2. The van der Waals surface area contributed by atoms with Crippen LogP contribution in [0.15, 0.2) is 84.0 Å². The van der Waals surface area contributed by atoms with Crippen molar-refractivity contribution in [3.05, 3.63) is 106 Å². The highest BCUT2D eigenvalue weighted by atomic mass is 16.5. The number of urea groups is 1. The summed E-state index contributed by atoms with van der Waals surface area (Å²) in [6, 6.07) is 18.4. The van der Waals surface area contributed by atoms with E-state index in [4.69, 9.17) is 9.47 Å². The van der Waals surface area contributed by atoms with E-state index in [2.05, 4.69) is 48.3 Å². The van der Waals surface area contributed by atoms with Crippen LogP contribution >= 0.6 is 0 Å². The van der Waals surface area contributed by atoms with E-state index in [1.54, 1.807) is 30.3 Å². The number of aromatic nitrogens is 3. The third kappa shape index (κ3) is 6.67. The molecule has 9 nitrogen and oxygen atoms in total. The lowest BCUT2D eigenvalue weighted by Crippen LogP contribution is -2.30. The SMILES string of the molecule is CCn1c(=O)c(NC(=O)Nc2c(C(C)C)cc(OCc3cccnc3)cc2C(C)C)c(-c2cccc(OC)c2)c2cccnc21. The molecule has 3 aromatic heterocycles. The molecular weight excluding hydrogens is 566 g/mol. The number of hydrogen-bond donors (Lipinski definition) is 2. The summed E-state index contributed by atoms with van der Waals surface area (Å²) in [6.07, 6.45) is 5.17. The summed E-state index contributed by atoms with van der Waals surface area (Å²) >= 11 is 0. The summed E-state index contributed by atoms with van der Waals surface area (Å²) in [4.78, 5) is 36.5. The Morgan fingerprint density at radius 1 is 0.889 bits per heavy atom. The number of hydrogen-bond acceptors (Lipinski definition) is 6. The number of pyridine rings is 3. The van der Waals surface area contributed by atoms with Gasteiger partial charge in [-0.15, -0.1) is 0 Å². The molecule has 0 unspecified atom stereocenters. The van der Waals surface area contributed by atoms with Crippen molar-refractivity contribution >= 4 is 28.4 Å². The van der Waals surface area contributed by atoms with Gasteiger partial charge in [0.2, 0.25) is 0 Å². The van der Waals surface area contributed by atoms with Crippen molar-refractivity contribution in [2.24, 2.45) is 0 Å². The molecule has 9 heteroatoms. The van der Waals surface area contributed by atoms with Gasteiger partial charge in [0.15, 0.2) is 0 Å². The van der Waals surface area contributed by atoms with Crippen LogP contribution in [0.1, 0.15) is 63.1 Å². The fourth-order valence-corrected chi connectivity index (χ4v) is 5.47. The molecule has 0 fully saturated rings. The first-order chi connectivity index (χ1) is 21.7. The number of amides is 2. The summed E-state index contributed by atoms with van der Waals surface area (Å²) in [5.74, 6) is 1.51. The minimum absolute atomic E-state index is 0.0798. The van der Waals surface area contributed by atoms with Crippen LogP contribution in [-0.2, 0) is 13.2 Å². The van der Waals surface area contributed by atoms with Gasteiger partial charge in [-0.3, -0.25) is 14.3 Å². The summed E-state index contributed by atoms with van der Waals surface area (Å²) in [5.41, 5.74) is 5.19. The van der Waals surface area contributed by atoms with E-state index in [1.165, 1.54) is 0 Å². The molecule has 45 heavy (non-hydrogen) atoms. The molecule has 3 heterocycles. The van der Waals surface area contributed by atoms with Gasteiger partial charge in [-0.05, 0) is 77.9 Å². The molecule has 232 valence electrons. The lowest BCUT2D eigenvalue weighted by Gasteiger charge is -2.23. The van der Waals surface area contributed by atoms with Crippen molar-refractivity contribution in [2.75, 3.05) is 17.7 Å². The van der Waals surface area contributed by atoms with Crippen LogP contribution in [0.25, 0.3) is 22.2 Å². The van der Waals surface area contributed by atoms with Crippen LogP contribution in [0.5, 0.6) is 11.5 Å². The minimum Gasteiger partial charge on any atom is -0.497 e. The minimum atomic E-state index is -0.519. The van der Waals surface area contributed by atoms with Gasteiger partial charge in [-0.2, -0.15) is 0 Å². The van der Waals surface area contributed by atoms with Gasteiger partial charge in [-0.1, -0.05) is 45.9 Å². The molecule has 5 aromatic rings. The van der Waals surface area contributed by atoms with E-state index in [-0.39, 0.29) is 23.1 Å². The van der Waals surface area contributed by atoms with E-state index in [0.717, 1.165) is 27.6 Å². The molecule has 5 rings (SSSR count). The highest BCUT2D eigenvalue weighted by molar-refractivity contribution is 6.08. The average Bonchev–Trinajstić information content (AvgIpc) is 3.04. The number of nitrogens with one attached hydrogen (secondary N) is 2. The molecule has 0 aliphatic carbocycles. The van der Waals surface area contributed by atoms with E-state index >= 15 is 0 Å². The predicted molar refractivity (Wildman–Crippen MR) is 179 cm³/mol. The van der Waals surface area contributed by atoms with Crippen LogP contribution in [0, 0.1) is 0 Å². The van der Waals surface area contributed by atoms with Crippen LogP contribution in [0.2, 0.25) is 0 Å². The Kier molecular flexibility index (Phi) is 9.47. The molecule has 0 bridgehead atoms. The summed E-state index contributed by atoms with van der Waals surface area (Å²) < 4.78 is 13.2. The third-order valence-corrected chi connectivity index (χ3v) is 7.72. The molecule has 0 aliphatic heterocycles. The van der Waals surface area contributed by atoms with Gasteiger partial charge in [0, 0.05) is 47.3 Å². The second-order valence-corrected chi connectivity index (χ2v) is 11.4. The van der Waals surface area contributed by atoms with Crippen molar-refractivity contribution in [3.63, 3.8) is 0 Å². The summed E-state index contributed by atoms with van der Waals surface area (Å²) in [6.45, 7) is 10.9. The van der Waals surface area contributed by atoms with Gasteiger partial charge in [0.25, 0.3) is 5.56 Å². The maximum atomic E-state index is 14.0. The Balaban J connectivity index is 1.56. The smallest absolute Gasteiger partial charge is 0.323 e. The quantitative estimate of drug-likeness (QED) is 0.167. The van der Waals surface area contributed by atoms with E-state index in [1.807, 2.05) is 67.6 Å². The zero-order valence-corrected chi connectivity index (χ0v) is 26.5. The Bertz CT molecular complexity index is 1850. The number of fused-ring (bicyclic) bond motifs is 1. The Labute approximate surface area is 263 Å². The van der Waals surface area contributed by atoms with Crippen LogP contribution in [0.4, 0.5) is 16.2 Å². The third-order valence-electron chi connectivity index (χ3n) is 7.72. The first-order valence-corrected chi connectivity index (χ1v) is 15.1. The molecule has 2 aromatic carbocycles. The summed E-state index contributed by atoms with van der Waals surface area (Å²) in [5, 5.41) is 6.77. The molecular formula is C36H39N5O4. The van der Waals surface area contributed by atoms with Crippen LogP contribution < -0.4 is 25.7 Å². The van der Waals surface area contributed by atoms with E-state index < -0.39 is 6.03 Å². The lowest BCUT2D eigenvalue weighted by molar-refractivity contribution is 0.262. The zero-order valence-electron chi connectivity index (χ0n) is 26.5. The first-order valence-electron chi connectivity index (χ1n) is 15.1. The molecule has 0 saturated carbocycles. The number of benzene rings is 2. The molecule has 0 radical (unpaired) electrons. The monoisotopic (exact) mass is 605 g/mol. The Morgan fingerprint density at radius 2 is 1.60 bits per heavy atom. The van der Waals surface area contributed by atoms with Gasteiger partial charge in [-0.25, -0.2) is 9.78 Å². The van der Waals surface area contributed by atoms with Crippen molar-refractivity contribution in [1.29, 1.82) is 0 Å². The number of carbonyl (C=O) groups is 1. The Hall–Kier alpha value is -5.18. The number of ether oxygens (including phenoxy) is 2. The lowest BCUT2D eigenvalue weighted by atomic mass is 9.92. The number of carbonyl (C=O) groups excluding carboxylic acids is 1. The number of anilines is 2. The number of methoxy groups -OCH3 is 1.